The number of methoxy groups -OCH3 is 1. The maximum absolute atomic E-state index is 11.5. The Morgan fingerprint density at radius 1 is 1.17 bits per heavy atom. The molecule has 0 saturated heterocycles. The summed E-state index contributed by atoms with van der Waals surface area (Å²) in [5, 5.41) is 11.5. The quantitative estimate of drug-likeness (QED) is 0.338. The molecule has 152 valence electrons. The van der Waals surface area contributed by atoms with Gasteiger partial charge in [0.2, 0.25) is 0 Å². The molecule has 9 heteroatoms. The van der Waals surface area contributed by atoms with Gasteiger partial charge in [-0.05, 0) is 36.6 Å². The van der Waals surface area contributed by atoms with E-state index in [1.54, 1.807) is 18.2 Å². The first-order valence-electron chi connectivity index (χ1n) is 9.12. The summed E-state index contributed by atoms with van der Waals surface area (Å²) in [6, 6.07) is 7.97. The number of hydrogen-bond acceptors (Lipinski definition) is 6. The van der Waals surface area contributed by atoms with Gasteiger partial charge in [-0.25, -0.2) is 4.79 Å². The predicted octanol–water partition coefficient (Wildman–Crippen LogP) is 3.95. The molecule has 3 aromatic rings. The van der Waals surface area contributed by atoms with Crippen LogP contribution < -0.4 is 15.2 Å². The molecular formula is C20H22N4O5. The van der Waals surface area contributed by atoms with Gasteiger partial charge in [-0.3, -0.25) is 15.1 Å². The van der Waals surface area contributed by atoms with Gasteiger partial charge in [-0.1, -0.05) is 13.8 Å². The van der Waals surface area contributed by atoms with Crippen LogP contribution in [0, 0.1) is 16.0 Å². The number of aromatic amines is 2. The van der Waals surface area contributed by atoms with Crippen LogP contribution in [0.4, 0.5) is 11.4 Å². The fourth-order valence-corrected chi connectivity index (χ4v) is 2.75. The van der Waals surface area contributed by atoms with Crippen LogP contribution in [-0.4, -0.2) is 34.8 Å². The molecule has 0 unspecified atom stereocenters. The minimum Gasteiger partial charge on any atom is -0.493 e. The van der Waals surface area contributed by atoms with Crippen molar-refractivity contribution < 1.29 is 14.4 Å². The molecule has 0 fully saturated rings. The number of aliphatic imine (C=N–C) groups is 1. The van der Waals surface area contributed by atoms with E-state index in [1.807, 2.05) is 0 Å². The van der Waals surface area contributed by atoms with Crippen LogP contribution in [0.1, 0.15) is 25.8 Å². The third-order valence-electron chi connectivity index (χ3n) is 4.31. The number of fused-ring (bicyclic) bond motifs is 1. The van der Waals surface area contributed by atoms with Crippen LogP contribution in [0.3, 0.4) is 0 Å². The third kappa shape index (κ3) is 4.81. The third-order valence-corrected chi connectivity index (χ3v) is 4.31. The lowest BCUT2D eigenvalue weighted by Crippen LogP contribution is -2.04. The summed E-state index contributed by atoms with van der Waals surface area (Å²) in [5.74, 6) is 1.17. The van der Waals surface area contributed by atoms with Gasteiger partial charge in [0.15, 0.2) is 11.5 Å². The fourth-order valence-electron chi connectivity index (χ4n) is 2.75. The van der Waals surface area contributed by atoms with Gasteiger partial charge in [0, 0.05) is 6.21 Å². The average Bonchev–Trinajstić information content (AvgIpc) is 3.05. The number of benzene rings is 2. The zero-order chi connectivity index (χ0) is 21.0. The Bertz CT molecular complexity index is 1110. The highest BCUT2D eigenvalue weighted by Crippen LogP contribution is 2.34. The van der Waals surface area contributed by atoms with E-state index < -0.39 is 4.92 Å². The molecule has 0 aliphatic rings. The molecule has 0 saturated carbocycles. The normalized spacial score (nSPS) is 11.4. The molecule has 2 aromatic carbocycles. The van der Waals surface area contributed by atoms with Crippen LogP contribution in [0.15, 0.2) is 40.1 Å². The number of rotatable bonds is 8. The van der Waals surface area contributed by atoms with E-state index in [2.05, 4.69) is 28.8 Å². The van der Waals surface area contributed by atoms with Gasteiger partial charge < -0.3 is 19.4 Å². The molecule has 0 atom stereocenters. The SMILES string of the molecule is COc1cc(C=Nc2ccc3[nH]c(=O)[nH]c3c2)c([N+](=O)[O-])cc1OCCC(C)C. The second-order valence-corrected chi connectivity index (χ2v) is 6.92. The topological polar surface area (TPSA) is 123 Å². The highest BCUT2D eigenvalue weighted by molar-refractivity contribution is 5.89. The fraction of sp³-hybridized carbons (Fsp3) is 0.300. The predicted molar refractivity (Wildman–Crippen MR) is 111 cm³/mol. The summed E-state index contributed by atoms with van der Waals surface area (Å²) in [7, 11) is 1.48. The highest BCUT2D eigenvalue weighted by Gasteiger charge is 2.19. The smallest absolute Gasteiger partial charge is 0.323 e. The van der Waals surface area contributed by atoms with Gasteiger partial charge in [-0.2, -0.15) is 0 Å². The molecule has 0 aliphatic carbocycles. The van der Waals surface area contributed by atoms with Crippen molar-refractivity contribution in [3.8, 4) is 11.5 Å². The standard InChI is InChI=1S/C20H22N4O5/c1-12(2)6-7-29-19-10-17(24(26)27)13(8-18(19)28-3)11-21-14-4-5-15-16(9-14)23-20(25)22-15/h4-5,8-12H,6-7H2,1-3H3,(H2,22,23,25). The Balaban J connectivity index is 1.92. The highest BCUT2D eigenvalue weighted by atomic mass is 16.6. The Morgan fingerprint density at radius 3 is 2.62 bits per heavy atom. The van der Waals surface area contributed by atoms with Crippen molar-refractivity contribution in [2.75, 3.05) is 13.7 Å². The van der Waals surface area contributed by atoms with E-state index in [0.29, 0.717) is 40.7 Å². The van der Waals surface area contributed by atoms with E-state index in [9.17, 15) is 14.9 Å². The molecular weight excluding hydrogens is 376 g/mol. The first kappa shape index (κ1) is 20.1. The number of nitrogens with one attached hydrogen (secondary N) is 2. The van der Waals surface area contributed by atoms with E-state index in [0.717, 1.165) is 6.42 Å². The number of imidazole rings is 1. The molecule has 29 heavy (non-hydrogen) atoms. The van der Waals surface area contributed by atoms with Crippen molar-refractivity contribution in [2.24, 2.45) is 10.9 Å². The number of H-pyrrole nitrogens is 2. The van der Waals surface area contributed by atoms with Gasteiger partial charge in [0.25, 0.3) is 5.69 Å². The molecule has 1 heterocycles. The van der Waals surface area contributed by atoms with Gasteiger partial charge in [-0.15, -0.1) is 0 Å². The second kappa shape index (κ2) is 8.59. The van der Waals surface area contributed by atoms with Crippen LogP contribution in [-0.2, 0) is 0 Å². The minimum atomic E-state index is -0.483. The number of nitro groups is 1. The van der Waals surface area contributed by atoms with Crippen molar-refractivity contribution in [1.82, 2.24) is 9.97 Å². The first-order chi connectivity index (χ1) is 13.9. The molecule has 9 nitrogen and oxygen atoms in total. The molecule has 2 N–H and O–H groups in total. The Kier molecular flexibility index (Phi) is 5.96. The van der Waals surface area contributed by atoms with Crippen molar-refractivity contribution in [1.29, 1.82) is 0 Å². The summed E-state index contributed by atoms with van der Waals surface area (Å²) in [4.78, 5) is 32.0. The lowest BCUT2D eigenvalue weighted by molar-refractivity contribution is -0.385. The number of nitro benzene ring substituents is 1. The van der Waals surface area contributed by atoms with E-state index in [-0.39, 0.29) is 16.9 Å². The zero-order valence-corrected chi connectivity index (χ0v) is 16.4. The van der Waals surface area contributed by atoms with Crippen molar-refractivity contribution >= 4 is 28.6 Å². The summed E-state index contributed by atoms with van der Waals surface area (Å²) in [6.45, 7) is 4.58. The molecule has 0 spiro atoms. The van der Waals surface area contributed by atoms with Crippen LogP contribution in [0.5, 0.6) is 11.5 Å². The van der Waals surface area contributed by atoms with Crippen molar-refractivity contribution in [3.63, 3.8) is 0 Å². The van der Waals surface area contributed by atoms with Crippen LogP contribution in [0.25, 0.3) is 11.0 Å². The van der Waals surface area contributed by atoms with Gasteiger partial charge in [0.1, 0.15) is 0 Å². The first-order valence-corrected chi connectivity index (χ1v) is 9.12. The Labute approximate surface area is 166 Å². The number of nitrogens with zero attached hydrogens (tertiary/aromatic N) is 2. The Hall–Kier alpha value is -3.62. The van der Waals surface area contributed by atoms with Crippen LogP contribution >= 0.6 is 0 Å². The van der Waals surface area contributed by atoms with Crippen molar-refractivity contribution in [3.05, 3.63) is 56.5 Å². The molecule has 0 amide bonds. The number of hydrogen-bond donors (Lipinski definition) is 2. The van der Waals surface area contributed by atoms with Gasteiger partial charge in [0.05, 0.1) is 47.0 Å². The lowest BCUT2D eigenvalue weighted by Gasteiger charge is -2.12. The van der Waals surface area contributed by atoms with E-state index >= 15 is 0 Å². The maximum Gasteiger partial charge on any atom is 0.323 e. The van der Waals surface area contributed by atoms with Crippen LogP contribution in [0.2, 0.25) is 0 Å². The number of ether oxygens (including phenoxy) is 2. The van der Waals surface area contributed by atoms with Gasteiger partial charge >= 0.3 is 5.69 Å². The van der Waals surface area contributed by atoms with Crippen molar-refractivity contribution in [2.45, 2.75) is 20.3 Å². The molecule has 3 rings (SSSR count). The minimum absolute atomic E-state index is 0.134. The second-order valence-electron chi connectivity index (χ2n) is 6.92. The molecule has 0 aliphatic heterocycles. The lowest BCUT2D eigenvalue weighted by atomic mass is 10.1. The number of aromatic nitrogens is 2. The Morgan fingerprint density at radius 2 is 1.93 bits per heavy atom. The summed E-state index contributed by atoms with van der Waals surface area (Å²) in [5.41, 5.74) is 1.64. The largest absolute Gasteiger partial charge is 0.493 e. The summed E-state index contributed by atoms with van der Waals surface area (Å²) in [6.07, 6.45) is 2.22. The summed E-state index contributed by atoms with van der Waals surface area (Å²) < 4.78 is 11.0. The molecule has 0 radical (unpaired) electrons. The molecule has 0 bridgehead atoms. The maximum atomic E-state index is 11.5. The average molecular weight is 398 g/mol. The monoisotopic (exact) mass is 398 g/mol. The molecule has 1 aromatic heterocycles. The van der Waals surface area contributed by atoms with E-state index in [4.69, 9.17) is 9.47 Å². The summed E-state index contributed by atoms with van der Waals surface area (Å²) >= 11 is 0. The van der Waals surface area contributed by atoms with E-state index in [1.165, 1.54) is 25.5 Å². The zero-order valence-electron chi connectivity index (χ0n) is 16.4.